The van der Waals surface area contributed by atoms with Crippen LogP contribution >= 0.6 is 0 Å². The summed E-state index contributed by atoms with van der Waals surface area (Å²) in [5.74, 6) is 1.16. The van der Waals surface area contributed by atoms with E-state index >= 15 is 0 Å². The molecule has 0 saturated carbocycles. The van der Waals surface area contributed by atoms with Crippen LogP contribution in [0.5, 0.6) is 0 Å². The Morgan fingerprint density at radius 3 is 2.50 bits per heavy atom. The van der Waals surface area contributed by atoms with Gasteiger partial charge in [-0.2, -0.15) is 0 Å². The molecule has 0 aliphatic carbocycles. The van der Waals surface area contributed by atoms with Gasteiger partial charge in [0.15, 0.2) is 0 Å². The summed E-state index contributed by atoms with van der Waals surface area (Å²) >= 11 is 0. The molecule has 0 spiro atoms. The van der Waals surface area contributed by atoms with Crippen molar-refractivity contribution in [2.45, 2.75) is 39.0 Å². The van der Waals surface area contributed by atoms with Gasteiger partial charge in [-0.05, 0) is 37.5 Å². The van der Waals surface area contributed by atoms with Crippen molar-refractivity contribution in [3.63, 3.8) is 0 Å². The maximum atomic E-state index is 13.3. The average Bonchev–Trinajstić information content (AvgIpc) is 3.39. The fourth-order valence-corrected chi connectivity index (χ4v) is 3.56. The van der Waals surface area contributed by atoms with Gasteiger partial charge in [0.05, 0.1) is 19.2 Å². The topological polar surface area (TPSA) is 72.2 Å². The molecular weight excluding hydrogens is 384 g/mol. The van der Waals surface area contributed by atoms with Crippen LogP contribution in [-0.2, 0) is 32.2 Å². The number of aryl methyl sites for hydroxylation is 1. The third kappa shape index (κ3) is 6.43. The summed E-state index contributed by atoms with van der Waals surface area (Å²) < 4.78 is 16.4. The fourth-order valence-electron chi connectivity index (χ4n) is 3.56. The second kappa shape index (κ2) is 10.9. The quantitative estimate of drug-likeness (QED) is 0.598. The van der Waals surface area contributed by atoms with Gasteiger partial charge < -0.3 is 23.7 Å². The zero-order valence-corrected chi connectivity index (χ0v) is 17.7. The van der Waals surface area contributed by atoms with Crippen LogP contribution in [0.15, 0.2) is 46.9 Å². The minimum absolute atomic E-state index is 0.0193. The molecule has 1 atom stereocenters. The number of carbonyl (C=O) groups excluding carboxylic acids is 2. The first-order valence-corrected chi connectivity index (χ1v) is 10.3. The number of methoxy groups -OCH3 is 1. The van der Waals surface area contributed by atoms with Crippen molar-refractivity contribution >= 4 is 11.8 Å². The molecule has 0 N–H and O–H groups in total. The summed E-state index contributed by atoms with van der Waals surface area (Å²) in [6, 6.07) is 13.6. The zero-order valence-electron chi connectivity index (χ0n) is 17.7. The van der Waals surface area contributed by atoms with Gasteiger partial charge in [-0.15, -0.1) is 0 Å². The Labute approximate surface area is 177 Å². The fraction of sp³-hybridized carbons (Fsp3) is 0.478. The summed E-state index contributed by atoms with van der Waals surface area (Å²) in [7, 11) is 1.48. The second-order valence-corrected chi connectivity index (χ2v) is 7.59. The Morgan fingerprint density at radius 1 is 1.07 bits per heavy atom. The van der Waals surface area contributed by atoms with E-state index < -0.39 is 0 Å². The van der Waals surface area contributed by atoms with Gasteiger partial charge in [-0.1, -0.05) is 30.3 Å². The molecule has 1 aliphatic heterocycles. The average molecular weight is 415 g/mol. The Kier molecular flexibility index (Phi) is 8.04. The molecule has 162 valence electrons. The van der Waals surface area contributed by atoms with Crippen molar-refractivity contribution < 1.29 is 23.5 Å². The summed E-state index contributed by atoms with van der Waals surface area (Å²) in [5, 5.41) is 0. The molecule has 1 fully saturated rings. The van der Waals surface area contributed by atoms with E-state index in [0.29, 0.717) is 32.0 Å². The molecule has 1 unspecified atom stereocenters. The van der Waals surface area contributed by atoms with Crippen LogP contribution in [-0.4, -0.2) is 61.1 Å². The first kappa shape index (κ1) is 22.1. The summed E-state index contributed by atoms with van der Waals surface area (Å²) in [5.41, 5.74) is 1.02. The van der Waals surface area contributed by atoms with Gasteiger partial charge in [-0.3, -0.25) is 9.59 Å². The van der Waals surface area contributed by atoms with Crippen molar-refractivity contribution in [3.05, 3.63) is 59.5 Å². The van der Waals surface area contributed by atoms with Crippen LogP contribution in [0.1, 0.15) is 29.9 Å². The molecule has 0 radical (unpaired) electrons. The molecule has 7 heteroatoms. The van der Waals surface area contributed by atoms with E-state index in [-0.39, 0.29) is 31.1 Å². The standard InChI is InChI=1S/C23H30N2O5/c1-18-10-11-21(30-18)15-24(13-19-7-4-3-5-8-19)22(26)16-25(23(27)17-28-2)14-20-9-6-12-29-20/h3-5,7-8,10-11,20H,6,9,12-17H2,1-2H3. The first-order chi connectivity index (χ1) is 14.5. The molecular formula is C23H30N2O5. The molecule has 1 aliphatic rings. The van der Waals surface area contributed by atoms with E-state index in [1.807, 2.05) is 49.4 Å². The highest BCUT2D eigenvalue weighted by Gasteiger charge is 2.26. The predicted molar refractivity (Wildman–Crippen MR) is 112 cm³/mol. The lowest BCUT2D eigenvalue weighted by atomic mass is 10.2. The van der Waals surface area contributed by atoms with E-state index in [1.54, 1.807) is 9.80 Å². The number of furan rings is 1. The van der Waals surface area contributed by atoms with Crippen molar-refractivity contribution in [3.8, 4) is 0 Å². The van der Waals surface area contributed by atoms with Gasteiger partial charge in [0.25, 0.3) is 0 Å². The highest BCUT2D eigenvalue weighted by Crippen LogP contribution is 2.16. The number of hydrogen-bond acceptors (Lipinski definition) is 5. The van der Waals surface area contributed by atoms with Crippen molar-refractivity contribution in [2.75, 3.05) is 33.4 Å². The molecule has 2 heterocycles. The van der Waals surface area contributed by atoms with E-state index in [0.717, 1.165) is 24.2 Å². The van der Waals surface area contributed by atoms with E-state index in [2.05, 4.69) is 0 Å². The molecule has 7 nitrogen and oxygen atoms in total. The maximum absolute atomic E-state index is 13.3. The number of amides is 2. The van der Waals surface area contributed by atoms with E-state index in [9.17, 15) is 9.59 Å². The normalized spacial score (nSPS) is 15.9. The molecule has 3 rings (SSSR count). The summed E-state index contributed by atoms with van der Waals surface area (Å²) in [6.45, 7) is 3.67. The van der Waals surface area contributed by atoms with Crippen LogP contribution in [0.3, 0.4) is 0 Å². The molecule has 1 saturated heterocycles. The number of hydrogen-bond donors (Lipinski definition) is 0. The largest absolute Gasteiger partial charge is 0.464 e. The number of rotatable bonds is 10. The monoisotopic (exact) mass is 414 g/mol. The number of benzene rings is 1. The predicted octanol–water partition coefficient (Wildman–Crippen LogP) is 2.77. The van der Waals surface area contributed by atoms with E-state index in [4.69, 9.17) is 13.9 Å². The number of ether oxygens (including phenoxy) is 2. The Bertz CT molecular complexity index is 814. The Morgan fingerprint density at radius 2 is 1.87 bits per heavy atom. The molecule has 2 aromatic rings. The lowest BCUT2D eigenvalue weighted by Gasteiger charge is -2.28. The first-order valence-electron chi connectivity index (χ1n) is 10.3. The maximum Gasteiger partial charge on any atom is 0.249 e. The minimum atomic E-state index is -0.213. The van der Waals surface area contributed by atoms with Crippen LogP contribution in [0.25, 0.3) is 0 Å². The molecule has 2 amide bonds. The van der Waals surface area contributed by atoms with Crippen molar-refractivity contribution in [1.29, 1.82) is 0 Å². The summed E-state index contributed by atoms with van der Waals surface area (Å²) in [6.07, 6.45) is 1.83. The minimum Gasteiger partial charge on any atom is -0.464 e. The van der Waals surface area contributed by atoms with Gasteiger partial charge in [0.2, 0.25) is 11.8 Å². The number of nitrogens with zero attached hydrogens (tertiary/aromatic N) is 2. The van der Waals surface area contributed by atoms with Crippen LogP contribution in [0, 0.1) is 6.92 Å². The Balaban J connectivity index is 1.73. The third-order valence-corrected chi connectivity index (χ3v) is 5.11. The summed E-state index contributed by atoms with van der Waals surface area (Å²) in [4.78, 5) is 29.1. The highest BCUT2D eigenvalue weighted by molar-refractivity contribution is 5.85. The highest BCUT2D eigenvalue weighted by atomic mass is 16.5. The van der Waals surface area contributed by atoms with Crippen LogP contribution in [0.2, 0.25) is 0 Å². The Hall–Kier alpha value is -2.64. The molecule has 0 bridgehead atoms. The molecule has 30 heavy (non-hydrogen) atoms. The van der Waals surface area contributed by atoms with E-state index in [1.165, 1.54) is 7.11 Å². The zero-order chi connectivity index (χ0) is 21.3. The van der Waals surface area contributed by atoms with Gasteiger partial charge >= 0.3 is 0 Å². The number of carbonyl (C=O) groups is 2. The van der Waals surface area contributed by atoms with Crippen molar-refractivity contribution in [2.24, 2.45) is 0 Å². The SMILES string of the molecule is COCC(=O)N(CC(=O)N(Cc1ccccc1)Cc1ccc(C)o1)CC1CCCO1. The van der Waals surface area contributed by atoms with Gasteiger partial charge in [0.1, 0.15) is 18.1 Å². The van der Waals surface area contributed by atoms with Crippen molar-refractivity contribution in [1.82, 2.24) is 9.80 Å². The second-order valence-electron chi connectivity index (χ2n) is 7.59. The van der Waals surface area contributed by atoms with Gasteiger partial charge in [0, 0.05) is 26.8 Å². The molecule has 1 aromatic carbocycles. The van der Waals surface area contributed by atoms with Crippen LogP contribution in [0.4, 0.5) is 0 Å². The van der Waals surface area contributed by atoms with Gasteiger partial charge in [-0.25, -0.2) is 0 Å². The van der Waals surface area contributed by atoms with Crippen LogP contribution < -0.4 is 0 Å². The lowest BCUT2D eigenvalue weighted by molar-refractivity contribution is -0.144. The lowest BCUT2D eigenvalue weighted by Crippen LogP contribution is -2.46. The smallest absolute Gasteiger partial charge is 0.249 e. The molecule has 1 aromatic heterocycles. The third-order valence-electron chi connectivity index (χ3n) is 5.11.